The molecule has 11 heteroatoms. The summed E-state index contributed by atoms with van der Waals surface area (Å²) in [6.45, 7) is 0.923. The van der Waals surface area contributed by atoms with E-state index in [1.165, 1.54) is 29.2 Å². The van der Waals surface area contributed by atoms with E-state index in [1.54, 1.807) is 6.92 Å². The topological polar surface area (TPSA) is 71.8 Å². The van der Waals surface area contributed by atoms with E-state index in [2.05, 4.69) is 14.6 Å². The number of halogens is 4. The lowest BCUT2D eigenvalue weighted by molar-refractivity contribution is -0.343. The van der Waals surface area contributed by atoms with Gasteiger partial charge in [0.05, 0.1) is 24.9 Å². The number of alkyl halides is 3. The number of carbonyl (C=O) groups excluding carboxylic acids is 1. The number of carbonyl (C=O) groups is 1. The first-order valence-electron chi connectivity index (χ1n) is 8.42. The normalized spacial score (nSPS) is 14.9. The van der Waals surface area contributed by atoms with Gasteiger partial charge < -0.3 is 18.9 Å². The van der Waals surface area contributed by atoms with Crippen molar-refractivity contribution in [2.24, 2.45) is 0 Å². The quantitative estimate of drug-likeness (QED) is 0.509. The second kappa shape index (κ2) is 8.02. The minimum Gasteiger partial charge on any atom is -0.482 e. The Bertz CT molecular complexity index is 902. The molecule has 29 heavy (non-hydrogen) atoms. The number of benzene rings is 1. The highest BCUT2D eigenvalue weighted by Gasteiger charge is 2.62. The number of rotatable bonds is 7. The molecule has 0 saturated carbocycles. The highest BCUT2D eigenvalue weighted by molar-refractivity contribution is 5.88. The molecule has 0 spiro atoms. The molecule has 0 unspecified atom stereocenters. The molecule has 0 fully saturated rings. The van der Waals surface area contributed by atoms with Gasteiger partial charge in [-0.25, -0.2) is 9.18 Å². The summed E-state index contributed by atoms with van der Waals surface area (Å²) < 4.78 is 73.8. The number of aromatic nitrogens is 2. The van der Waals surface area contributed by atoms with Crippen LogP contribution in [-0.2, 0) is 20.8 Å². The van der Waals surface area contributed by atoms with Crippen molar-refractivity contribution >= 4 is 5.97 Å². The molecule has 0 amide bonds. The predicted molar refractivity (Wildman–Crippen MR) is 89.3 cm³/mol. The van der Waals surface area contributed by atoms with Gasteiger partial charge in [-0.15, -0.1) is 0 Å². The second-order valence-electron chi connectivity index (χ2n) is 5.96. The molecule has 1 aromatic carbocycles. The summed E-state index contributed by atoms with van der Waals surface area (Å²) in [5.41, 5.74) is 0.698. The monoisotopic (exact) mass is 416 g/mol. The summed E-state index contributed by atoms with van der Waals surface area (Å²) in [5, 5.41) is 3.99. The molecular weight excluding hydrogens is 400 g/mol. The van der Waals surface area contributed by atoms with E-state index in [9.17, 15) is 22.4 Å². The van der Waals surface area contributed by atoms with Crippen LogP contribution in [0.15, 0.2) is 43.1 Å². The Morgan fingerprint density at radius 2 is 2.00 bits per heavy atom. The van der Waals surface area contributed by atoms with E-state index in [0.29, 0.717) is 5.56 Å². The van der Waals surface area contributed by atoms with E-state index in [4.69, 9.17) is 9.47 Å². The fourth-order valence-corrected chi connectivity index (χ4v) is 2.48. The Balaban J connectivity index is 1.65. The Kier molecular flexibility index (Phi) is 5.66. The van der Waals surface area contributed by atoms with Gasteiger partial charge in [0.1, 0.15) is 12.5 Å². The number of hydrogen-bond acceptors (Lipinski definition) is 6. The molecule has 0 saturated heterocycles. The number of esters is 1. The predicted octanol–water partition coefficient (Wildman–Crippen LogP) is 3.40. The highest BCUT2D eigenvalue weighted by atomic mass is 19.4. The summed E-state index contributed by atoms with van der Waals surface area (Å²) in [4.78, 5) is 11.6. The molecule has 2 heterocycles. The Morgan fingerprint density at radius 1 is 1.28 bits per heavy atom. The SMILES string of the molecule is CCOC(=O)c1cnn(Cc2ccc(OCC3(C(F)(F)F)OC=CO3)c(F)c2)c1. The number of ether oxygens (including phenoxy) is 4. The summed E-state index contributed by atoms with van der Waals surface area (Å²) >= 11 is 0. The fourth-order valence-electron chi connectivity index (χ4n) is 2.48. The van der Waals surface area contributed by atoms with Crippen molar-refractivity contribution < 1.29 is 41.3 Å². The van der Waals surface area contributed by atoms with Crippen molar-refractivity contribution in [2.45, 2.75) is 25.4 Å². The van der Waals surface area contributed by atoms with Crippen LogP contribution in [0.5, 0.6) is 5.75 Å². The van der Waals surface area contributed by atoms with Crippen LogP contribution in [0.25, 0.3) is 0 Å². The molecular formula is C18H16F4N2O5. The average Bonchev–Trinajstić information content (AvgIpc) is 3.31. The van der Waals surface area contributed by atoms with Crippen molar-refractivity contribution in [1.29, 1.82) is 0 Å². The third-order valence-corrected chi connectivity index (χ3v) is 3.91. The summed E-state index contributed by atoms with van der Waals surface area (Å²) in [5.74, 6) is -4.82. The molecule has 156 valence electrons. The van der Waals surface area contributed by atoms with E-state index in [0.717, 1.165) is 18.6 Å². The van der Waals surface area contributed by atoms with Gasteiger partial charge in [-0.3, -0.25) is 4.68 Å². The van der Waals surface area contributed by atoms with Crippen LogP contribution in [0.3, 0.4) is 0 Å². The zero-order valence-electron chi connectivity index (χ0n) is 15.1. The first-order valence-corrected chi connectivity index (χ1v) is 8.42. The van der Waals surface area contributed by atoms with Crippen LogP contribution in [0.4, 0.5) is 17.6 Å². The average molecular weight is 416 g/mol. The van der Waals surface area contributed by atoms with Gasteiger partial charge in [-0.2, -0.15) is 18.3 Å². The molecule has 7 nitrogen and oxygen atoms in total. The van der Waals surface area contributed by atoms with E-state index in [1.807, 2.05) is 0 Å². The fraction of sp³-hybridized carbons (Fsp3) is 0.333. The van der Waals surface area contributed by atoms with Crippen LogP contribution in [0.1, 0.15) is 22.8 Å². The first kappa shape index (κ1) is 20.5. The maximum Gasteiger partial charge on any atom is 0.471 e. The van der Waals surface area contributed by atoms with Crippen molar-refractivity contribution in [1.82, 2.24) is 9.78 Å². The molecule has 0 bridgehead atoms. The summed E-state index contributed by atoms with van der Waals surface area (Å²) in [6, 6.07) is 3.74. The molecule has 0 aliphatic carbocycles. The van der Waals surface area contributed by atoms with Crippen molar-refractivity contribution in [2.75, 3.05) is 13.2 Å². The Hall–Kier alpha value is -3.24. The molecule has 0 radical (unpaired) electrons. The smallest absolute Gasteiger partial charge is 0.471 e. The molecule has 1 aliphatic rings. The second-order valence-corrected chi connectivity index (χ2v) is 5.96. The maximum atomic E-state index is 14.3. The molecule has 2 aromatic rings. The summed E-state index contributed by atoms with van der Waals surface area (Å²) in [7, 11) is 0. The van der Waals surface area contributed by atoms with Crippen LogP contribution in [0, 0.1) is 5.82 Å². The van der Waals surface area contributed by atoms with Crippen LogP contribution in [-0.4, -0.2) is 40.9 Å². The van der Waals surface area contributed by atoms with Gasteiger partial charge in [0.15, 0.2) is 18.2 Å². The molecule has 1 aromatic heterocycles. The lowest BCUT2D eigenvalue weighted by atomic mass is 10.2. The van der Waals surface area contributed by atoms with Gasteiger partial charge in [-0.05, 0) is 24.6 Å². The van der Waals surface area contributed by atoms with Gasteiger partial charge in [-0.1, -0.05) is 6.07 Å². The van der Waals surface area contributed by atoms with E-state index < -0.39 is 36.1 Å². The van der Waals surface area contributed by atoms with Crippen molar-refractivity contribution in [3.63, 3.8) is 0 Å². The number of nitrogens with zero attached hydrogens (tertiary/aromatic N) is 2. The minimum absolute atomic E-state index is 0.124. The van der Waals surface area contributed by atoms with Gasteiger partial charge in [0.2, 0.25) is 0 Å². The standard InChI is InChI=1S/C18H16F4N2O5/c1-2-26-16(25)13-8-23-24(10-13)9-12-3-4-15(14(19)7-12)27-11-17(18(20,21)22)28-5-6-29-17/h3-8,10H,2,9,11H2,1H3. The van der Waals surface area contributed by atoms with E-state index in [-0.39, 0.29) is 18.7 Å². The van der Waals surface area contributed by atoms with E-state index >= 15 is 0 Å². The Labute approximate surface area is 162 Å². The van der Waals surface area contributed by atoms with Gasteiger partial charge in [0.25, 0.3) is 0 Å². The third kappa shape index (κ3) is 4.44. The van der Waals surface area contributed by atoms with Crippen LogP contribution < -0.4 is 4.74 Å². The molecule has 1 aliphatic heterocycles. The molecule has 3 rings (SSSR count). The van der Waals surface area contributed by atoms with Crippen molar-refractivity contribution in [3.05, 3.63) is 60.1 Å². The van der Waals surface area contributed by atoms with Crippen LogP contribution in [0.2, 0.25) is 0 Å². The largest absolute Gasteiger partial charge is 0.482 e. The maximum absolute atomic E-state index is 14.3. The minimum atomic E-state index is -4.89. The number of hydrogen-bond donors (Lipinski definition) is 0. The Morgan fingerprint density at radius 3 is 2.62 bits per heavy atom. The van der Waals surface area contributed by atoms with Crippen LogP contribution >= 0.6 is 0 Å². The molecule has 0 N–H and O–H groups in total. The zero-order valence-corrected chi connectivity index (χ0v) is 15.1. The third-order valence-electron chi connectivity index (χ3n) is 3.91. The lowest BCUT2D eigenvalue weighted by Gasteiger charge is -2.29. The zero-order chi connectivity index (χ0) is 21.1. The highest BCUT2D eigenvalue weighted by Crippen LogP contribution is 2.38. The summed E-state index contributed by atoms with van der Waals surface area (Å²) in [6.07, 6.45) is -0.646. The lowest BCUT2D eigenvalue weighted by Crippen LogP contribution is -2.51. The van der Waals surface area contributed by atoms with Gasteiger partial charge >= 0.3 is 17.9 Å². The van der Waals surface area contributed by atoms with Gasteiger partial charge in [0, 0.05) is 6.20 Å². The first-order chi connectivity index (χ1) is 13.7. The van der Waals surface area contributed by atoms with Crippen molar-refractivity contribution in [3.8, 4) is 5.75 Å². The molecule has 0 atom stereocenters.